The average molecular weight is 337 g/mol. The number of hydrogen-bond acceptors (Lipinski definition) is 4. The zero-order valence-electron chi connectivity index (χ0n) is 13.8. The smallest absolute Gasteiger partial charge is 0.255 e. The molecule has 0 saturated carbocycles. The highest BCUT2D eigenvalue weighted by Gasteiger charge is 2.10. The number of amides is 1. The van der Waals surface area contributed by atoms with Crippen molar-refractivity contribution < 1.29 is 14.6 Å². The van der Waals surface area contributed by atoms with Gasteiger partial charge in [-0.3, -0.25) is 4.79 Å². The van der Waals surface area contributed by atoms with Gasteiger partial charge in [0.1, 0.15) is 5.75 Å². The first kappa shape index (κ1) is 16.7. The van der Waals surface area contributed by atoms with Crippen LogP contribution in [0.4, 0.5) is 5.69 Å². The summed E-state index contributed by atoms with van der Waals surface area (Å²) in [5, 5.41) is 16.5. The number of hydrogen-bond donors (Lipinski definition) is 2. The molecule has 6 nitrogen and oxygen atoms in total. The monoisotopic (exact) mass is 337 g/mol. The van der Waals surface area contributed by atoms with Crippen molar-refractivity contribution in [2.24, 2.45) is 0 Å². The summed E-state index contributed by atoms with van der Waals surface area (Å²) in [6, 6.07) is 14.2. The molecule has 0 aliphatic heterocycles. The van der Waals surface area contributed by atoms with Crippen LogP contribution in [0.3, 0.4) is 0 Å². The van der Waals surface area contributed by atoms with Crippen LogP contribution >= 0.6 is 0 Å². The normalized spacial score (nSPS) is 10.5. The van der Waals surface area contributed by atoms with E-state index in [0.29, 0.717) is 29.2 Å². The van der Waals surface area contributed by atoms with Crippen LogP contribution in [-0.4, -0.2) is 27.4 Å². The van der Waals surface area contributed by atoms with E-state index in [4.69, 9.17) is 4.74 Å². The molecule has 2 N–H and O–H groups in total. The van der Waals surface area contributed by atoms with Gasteiger partial charge in [0.2, 0.25) is 0 Å². The van der Waals surface area contributed by atoms with Crippen molar-refractivity contribution in [1.29, 1.82) is 0 Å². The molecule has 128 valence electrons. The third kappa shape index (κ3) is 3.87. The van der Waals surface area contributed by atoms with E-state index in [2.05, 4.69) is 10.4 Å². The Morgan fingerprint density at radius 1 is 1.24 bits per heavy atom. The largest absolute Gasteiger partial charge is 0.494 e. The fourth-order valence-electron chi connectivity index (χ4n) is 2.49. The maximum Gasteiger partial charge on any atom is 0.255 e. The molecule has 1 aromatic heterocycles. The lowest BCUT2D eigenvalue weighted by molar-refractivity contribution is 0.102. The molecule has 6 heteroatoms. The Balaban J connectivity index is 1.79. The fourth-order valence-corrected chi connectivity index (χ4v) is 2.49. The third-order valence-electron chi connectivity index (χ3n) is 3.67. The summed E-state index contributed by atoms with van der Waals surface area (Å²) in [5.74, 6) is 0.380. The summed E-state index contributed by atoms with van der Waals surface area (Å²) in [6.07, 6.45) is 3.50. The molecule has 0 aliphatic carbocycles. The second-order valence-corrected chi connectivity index (χ2v) is 5.37. The molecule has 25 heavy (non-hydrogen) atoms. The SMILES string of the molecule is CCOc1ccc(NC(=O)c2cccc(-n3cccn3)c2)cc1CO. The number of ether oxygens (including phenoxy) is 1. The Kier molecular flexibility index (Phi) is 5.11. The van der Waals surface area contributed by atoms with E-state index in [1.54, 1.807) is 41.2 Å². The number of nitrogens with zero attached hydrogens (tertiary/aromatic N) is 2. The van der Waals surface area contributed by atoms with Crippen LogP contribution in [0.5, 0.6) is 5.75 Å². The van der Waals surface area contributed by atoms with E-state index in [1.807, 2.05) is 31.3 Å². The van der Waals surface area contributed by atoms with E-state index in [9.17, 15) is 9.90 Å². The van der Waals surface area contributed by atoms with Gasteiger partial charge in [-0.25, -0.2) is 4.68 Å². The molecule has 3 rings (SSSR count). The summed E-state index contributed by atoms with van der Waals surface area (Å²) >= 11 is 0. The molecule has 0 radical (unpaired) electrons. The maximum absolute atomic E-state index is 12.5. The molecule has 0 spiro atoms. The van der Waals surface area contributed by atoms with Gasteiger partial charge in [0.25, 0.3) is 5.91 Å². The predicted molar refractivity (Wildman–Crippen MR) is 95.1 cm³/mol. The summed E-state index contributed by atoms with van der Waals surface area (Å²) in [5.41, 5.74) is 2.56. The minimum Gasteiger partial charge on any atom is -0.494 e. The van der Waals surface area contributed by atoms with E-state index < -0.39 is 0 Å². The number of aliphatic hydroxyl groups is 1. The van der Waals surface area contributed by atoms with E-state index in [1.165, 1.54) is 0 Å². The second-order valence-electron chi connectivity index (χ2n) is 5.37. The van der Waals surface area contributed by atoms with Gasteiger partial charge in [0.05, 0.1) is 18.9 Å². The zero-order valence-corrected chi connectivity index (χ0v) is 13.8. The number of aromatic nitrogens is 2. The lowest BCUT2D eigenvalue weighted by Gasteiger charge is -2.12. The fraction of sp³-hybridized carbons (Fsp3) is 0.158. The molecule has 0 unspecified atom stereocenters. The molecule has 2 aromatic carbocycles. The molecule has 3 aromatic rings. The van der Waals surface area contributed by atoms with Crippen LogP contribution in [0.25, 0.3) is 5.69 Å². The van der Waals surface area contributed by atoms with E-state index in [0.717, 1.165) is 5.69 Å². The number of nitrogens with one attached hydrogen (secondary N) is 1. The lowest BCUT2D eigenvalue weighted by Crippen LogP contribution is -2.13. The highest BCUT2D eigenvalue weighted by atomic mass is 16.5. The summed E-state index contributed by atoms with van der Waals surface area (Å²) < 4.78 is 7.14. The standard InChI is InChI=1S/C19H19N3O3/c1-2-25-18-8-7-16(11-15(18)13-23)21-19(24)14-5-3-6-17(12-14)22-10-4-9-20-22/h3-12,23H,2,13H2,1H3,(H,21,24). The number of carbonyl (C=O) groups excluding carboxylic acids is 1. The van der Waals surface area contributed by atoms with Crippen LogP contribution in [0.1, 0.15) is 22.8 Å². The van der Waals surface area contributed by atoms with Crippen LogP contribution < -0.4 is 10.1 Å². The average Bonchev–Trinajstić information content (AvgIpc) is 3.18. The number of rotatable bonds is 6. The molecule has 0 bridgehead atoms. The Labute approximate surface area is 145 Å². The van der Waals surface area contributed by atoms with E-state index in [-0.39, 0.29) is 12.5 Å². The third-order valence-corrected chi connectivity index (χ3v) is 3.67. The van der Waals surface area contributed by atoms with Crippen molar-refractivity contribution in [2.75, 3.05) is 11.9 Å². The Hall–Kier alpha value is -3.12. The van der Waals surface area contributed by atoms with Gasteiger partial charge in [-0.1, -0.05) is 6.07 Å². The molecule has 0 saturated heterocycles. The first-order chi connectivity index (χ1) is 12.2. The maximum atomic E-state index is 12.5. The van der Waals surface area contributed by atoms with Gasteiger partial charge in [-0.15, -0.1) is 0 Å². The number of aliphatic hydroxyl groups excluding tert-OH is 1. The second kappa shape index (κ2) is 7.63. The van der Waals surface area contributed by atoms with Crippen molar-refractivity contribution in [2.45, 2.75) is 13.5 Å². The van der Waals surface area contributed by atoms with Gasteiger partial charge in [-0.05, 0) is 49.4 Å². The van der Waals surface area contributed by atoms with Gasteiger partial charge < -0.3 is 15.2 Å². The first-order valence-corrected chi connectivity index (χ1v) is 7.99. The number of carbonyl (C=O) groups is 1. The summed E-state index contributed by atoms with van der Waals surface area (Å²) in [6.45, 7) is 2.23. The van der Waals surface area contributed by atoms with Crippen LogP contribution in [0, 0.1) is 0 Å². The minimum atomic E-state index is -0.234. The number of benzene rings is 2. The molecule has 1 amide bonds. The van der Waals surface area contributed by atoms with Crippen molar-refractivity contribution in [3.05, 3.63) is 72.1 Å². The minimum absolute atomic E-state index is 0.159. The molecular weight excluding hydrogens is 318 g/mol. The number of anilines is 1. The first-order valence-electron chi connectivity index (χ1n) is 7.99. The van der Waals surface area contributed by atoms with Gasteiger partial charge in [0, 0.05) is 29.2 Å². The molecule has 1 heterocycles. The molecular formula is C19H19N3O3. The molecule has 0 aliphatic rings. The molecule has 0 fully saturated rings. The highest BCUT2D eigenvalue weighted by Crippen LogP contribution is 2.23. The lowest BCUT2D eigenvalue weighted by atomic mass is 10.1. The van der Waals surface area contributed by atoms with Gasteiger partial charge in [-0.2, -0.15) is 5.10 Å². The van der Waals surface area contributed by atoms with Crippen molar-refractivity contribution >= 4 is 11.6 Å². The van der Waals surface area contributed by atoms with Crippen LogP contribution in [0.2, 0.25) is 0 Å². The van der Waals surface area contributed by atoms with E-state index >= 15 is 0 Å². The predicted octanol–water partition coefficient (Wildman–Crippen LogP) is 3.02. The van der Waals surface area contributed by atoms with Crippen molar-refractivity contribution in [1.82, 2.24) is 9.78 Å². The Morgan fingerprint density at radius 3 is 2.84 bits per heavy atom. The van der Waals surface area contributed by atoms with Crippen molar-refractivity contribution in [3.8, 4) is 11.4 Å². The van der Waals surface area contributed by atoms with Crippen molar-refractivity contribution in [3.63, 3.8) is 0 Å². The summed E-state index contributed by atoms with van der Waals surface area (Å²) in [7, 11) is 0. The topological polar surface area (TPSA) is 76.4 Å². The Bertz CT molecular complexity index is 860. The van der Waals surface area contributed by atoms with Crippen LogP contribution in [-0.2, 0) is 6.61 Å². The zero-order chi connectivity index (χ0) is 17.6. The van der Waals surface area contributed by atoms with Crippen LogP contribution in [0.15, 0.2) is 60.9 Å². The highest BCUT2D eigenvalue weighted by molar-refractivity contribution is 6.04. The van der Waals surface area contributed by atoms with Gasteiger partial charge >= 0.3 is 0 Å². The quantitative estimate of drug-likeness (QED) is 0.725. The van der Waals surface area contributed by atoms with Gasteiger partial charge in [0.15, 0.2) is 0 Å². The molecule has 0 atom stereocenters. The summed E-state index contributed by atoms with van der Waals surface area (Å²) in [4.78, 5) is 12.5. The Morgan fingerprint density at radius 2 is 2.12 bits per heavy atom.